The largest absolute Gasteiger partial charge is 0.449 e. The normalized spacial score (nSPS) is 11.5. The Balaban J connectivity index is 1.93. The van der Waals surface area contributed by atoms with Gasteiger partial charge in [0.05, 0.1) is 5.69 Å². The molecule has 1 unspecified atom stereocenters. The van der Waals surface area contributed by atoms with Crippen LogP contribution in [0.2, 0.25) is 0 Å². The zero-order valence-electron chi connectivity index (χ0n) is 16.5. The highest BCUT2D eigenvalue weighted by Crippen LogP contribution is 2.25. The summed E-state index contributed by atoms with van der Waals surface area (Å²) in [4.78, 5) is 24.9. The average Bonchev–Trinajstić information content (AvgIpc) is 3.18. The number of carbonyl (C=O) groups is 2. The minimum atomic E-state index is -0.936. The van der Waals surface area contributed by atoms with Crippen LogP contribution >= 0.6 is 0 Å². The molecule has 2 aromatic carbocycles. The first-order valence-electron chi connectivity index (χ1n) is 9.31. The Morgan fingerprint density at radius 3 is 2.52 bits per heavy atom. The van der Waals surface area contributed by atoms with Gasteiger partial charge < -0.3 is 10.1 Å². The van der Waals surface area contributed by atoms with Gasteiger partial charge in [0.25, 0.3) is 5.91 Å². The number of nitrogens with one attached hydrogen (secondary N) is 1. The van der Waals surface area contributed by atoms with Crippen LogP contribution in [0.3, 0.4) is 0 Å². The first-order chi connectivity index (χ1) is 14.0. The van der Waals surface area contributed by atoms with Crippen LogP contribution in [0.4, 0.5) is 0 Å². The molecule has 0 spiro atoms. The van der Waals surface area contributed by atoms with E-state index in [-0.39, 0.29) is 5.91 Å². The van der Waals surface area contributed by atoms with Crippen LogP contribution in [0, 0.1) is 6.92 Å². The molecular weight excluding hydrogens is 366 g/mol. The van der Waals surface area contributed by atoms with Crippen LogP contribution in [-0.2, 0) is 9.53 Å². The summed E-state index contributed by atoms with van der Waals surface area (Å²) in [5.74, 6) is -0.992. The van der Waals surface area contributed by atoms with Crippen molar-refractivity contribution in [1.29, 1.82) is 0 Å². The molecular formula is C23H23N3O3. The van der Waals surface area contributed by atoms with Crippen molar-refractivity contribution in [3.8, 4) is 16.9 Å². The van der Waals surface area contributed by atoms with Gasteiger partial charge in [0.2, 0.25) is 0 Å². The third-order valence-electron chi connectivity index (χ3n) is 4.35. The molecule has 148 valence electrons. The number of hydrogen-bond donors (Lipinski definition) is 1. The lowest BCUT2D eigenvalue weighted by molar-refractivity contribution is -0.128. The Hall–Kier alpha value is -3.67. The molecule has 1 amide bonds. The van der Waals surface area contributed by atoms with Crippen molar-refractivity contribution in [2.75, 3.05) is 6.54 Å². The first kappa shape index (κ1) is 20.1. The molecule has 1 N–H and O–H groups in total. The third-order valence-corrected chi connectivity index (χ3v) is 4.35. The summed E-state index contributed by atoms with van der Waals surface area (Å²) in [6, 6.07) is 17.2. The van der Waals surface area contributed by atoms with Crippen molar-refractivity contribution in [2.24, 2.45) is 0 Å². The Morgan fingerprint density at radius 2 is 1.86 bits per heavy atom. The number of esters is 1. The van der Waals surface area contributed by atoms with Crippen LogP contribution in [-0.4, -0.2) is 34.3 Å². The van der Waals surface area contributed by atoms with Crippen molar-refractivity contribution in [3.05, 3.63) is 84.6 Å². The molecule has 0 aliphatic carbocycles. The summed E-state index contributed by atoms with van der Waals surface area (Å²) in [6.07, 6.45) is 2.25. The van der Waals surface area contributed by atoms with Crippen molar-refractivity contribution < 1.29 is 14.3 Å². The minimum absolute atomic E-state index is 0.292. The van der Waals surface area contributed by atoms with Crippen LogP contribution in [0.25, 0.3) is 16.9 Å². The number of rotatable bonds is 7. The predicted molar refractivity (Wildman–Crippen MR) is 112 cm³/mol. The highest BCUT2D eigenvalue weighted by Gasteiger charge is 2.24. The van der Waals surface area contributed by atoms with Crippen molar-refractivity contribution in [2.45, 2.75) is 20.0 Å². The number of aryl methyl sites for hydroxylation is 1. The van der Waals surface area contributed by atoms with Crippen molar-refractivity contribution >= 4 is 11.9 Å². The number of aromatic nitrogens is 2. The summed E-state index contributed by atoms with van der Waals surface area (Å²) in [5.41, 5.74) is 3.52. The Labute approximate surface area is 169 Å². The maximum Gasteiger partial charge on any atom is 0.342 e. The van der Waals surface area contributed by atoms with E-state index < -0.39 is 12.1 Å². The van der Waals surface area contributed by atoms with Gasteiger partial charge in [-0.2, -0.15) is 5.10 Å². The molecule has 1 aromatic heterocycles. The Kier molecular flexibility index (Phi) is 6.24. The SMILES string of the molecule is C=CCNC(=O)C(C)OC(=O)c1cn(-c2ccc(C)cc2)nc1-c1ccccc1. The van der Waals surface area contributed by atoms with Gasteiger partial charge in [0.1, 0.15) is 11.3 Å². The smallest absolute Gasteiger partial charge is 0.342 e. The number of benzene rings is 2. The van der Waals surface area contributed by atoms with Gasteiger partial charge in [-0.25, -0.2) is 9.48 Å². The second-order valence-electron chi connectivity index (χ2n) is 6.62. The lowest BCUT2D eigenvalue weighted by Gasteiger charge is -2.12. The number of amides is 1. The van der Waals surface area contributed by atoms with Crippen molar-refractivity contribution in [3.63, 3.8) is 0 Å². The second kappa shape index (κ2) is 9.01. The molecule has 6 nitrogen and oxygen atoms in total. The molecule has 0 radical (unpaired) electrons. The maximum atomic E-state index is 12.9. The number of ether oxygens (including phenoxy) is 1. The number of hydrogen-bond acceptors (Lipinski definition) is 4. The number of carbonyl (C=O) groups excluding carboxylic acids is 2. The number of nitrogens with zero attached hydrogens (tertiary/aromatic N) is 2. The van der Waals surface area contributed by atoms with E-state index in [9.17, 15) is 9.59 Å². The Bertz CT molecular complexity index is 1010. The fourth-order valence-corrected chi connectivity index (χ4v) is 2.76. The first-order valence-corrected chi connectivity index (χ1v) is 9.31. The average molecular weight is 389 g/mol. The van der Waals surface area contributed by atoms with Gasteiger partial charge in [-0.15, -0.1) is 6.58 Å². The standard InChI is InChI=1S/C23H23N3O3/c1-4-14-24-22(27)17(3)29-23(28)20-15-26(19-12-10-16(2)11-13-19)25-21(20)18-8-6-5-7-9-18/h4-13,15,17H,1,14H2,2-3H3,(H,24,27). The monoisotopic (exact) mass is 389 g/mol. The van der Waals surface area contributed by atoms with Gasteiger partial charge in [0.15, 0.2) is 6.10 Å². The summed E-state index contributed by atoms with van der Waals surface area (Å²) in [5, 5.41) is 7.22. The van der Waals surface area contributed by atoms with Gasteiger partial charge in [-0.05, 0) is 26.0 Å². The van der Waals surface area contributed by atoms with Gasteiger partial charge >= 0.3 is 5.97 Å². The molecule has 0 aliphatic rings. The molecule has 0 saturated carbocycles. The van der Waals surface area contributed by atoms with E-state index in [2.05, 4.69) is 17.0 Å². The van der Waals surface area contributed by atoms with E-state index in [1.165, 1.54) is 6.92 Å². The topological polar surface area (TPSA) is 73.2 Å². The summed E-state index contributed by atoms with van der Waals surface area (Å²) in [7, 11) is 0. The quantitative estimate of drug-likeness (QED) is 0.494. The predicted octanol–water partition coefficient (Wildman–Crippen LogP) is 3.70. The third kappa shape index (κ3) is 4.79. The summed E-state index contributed by atoms with van der Waals surface area (Å²) >= 11 is 0. The molecule has 3 rings (SSSR count). The van der Waals surface area contributed by atoms with E-state index in [0.29, 0.717) is 17.8 Å². The molecule has 1 heterocycles. The molecule has 1 atom stereocenters. The van der Waals surface area contributed by atoms with Crippen LogP contribution in [0.15, 0.2) is 73.4 Å². The zero-order chi connectivity index (χ0) is 20.8. The minimum Gasteiger partial charge on any atom is -0.449 e. The molecule has 0 bridgehead atoms. The maximum absolute atomic E-state index is 12.9. The van der Waals surface area contributed by atoms with Crippen LogP contribution in [0.5, 0.6) is 0 Å². The van der Waals surface area contributed by atoms with Crippen LogP contribution in [0.1, 0.15) is 22.8 Å². The highest BCUT2D eigenvalue weighted by molar-refractivity contribution is 5.97. The molecule has 29 heavy (non-hydrogen) atoms. The molecule has 0 aliphatic heterocycles. The van der Waals surface area contributed by atoms with E-state index in [1.54, 1.807) is 17.0 Å². The molecule has 6 heteroatoms. The summed E-state index contributed by atoms with van der Waals surface area (Å²) in [6.45, 7) is 7.39. The molecule has 0 saturated heterocycles. The van der Waals surface area contributed by atoms with E-state index >= 15 is 0 Å². The van der Waals surface area contributed by atoms with Crippen molar-refractivity contribution in [1.82, 2.24) is 15.1 Å². The Morgan fingerprint density at radius 1 is 1.17 bits per heavy atom. The lowest BCUT2D eigenvalue weighted by Crippen LogP contribution is -2.35. The second-order valence-corrected chi connectivity index (χ2v) is 6.62. The molecule has 0 fully saturated rings. The molecule has 3 aromatic rings. The highest BCUT2D eigenvalue weighted by atomic mass is 16.5. The van der Waals surface area contributed by atoms with E-state index in [0.717, 1.165) is 16.8 Å². The fourth-order valence-electron chi connectivity index (χ4n) is 2.76. The van der Waals surface area contributed by atoms with Crippen LogP contribution < -0.4 is 5.32 Å². The van der Waals surface area contributed by atoms with Gasteiger partial charge in [0, 0.05) is 18.3 Å². The van der Waals surface area contributed by atoms with Gasteiger partial charge in [-0.1, -0.05) is 54.1 Å². The van der Waals surface area contributed by atoms with Gasteiger partial charge in [-0.3, -0.25) is 4.79 Å². The van der Waals surface area contributed by atoms with E-state index in [4.69, 9.17) is 4.74 Å². The lowest BCUT2D eigenvalue weighted by atomic mass is 10.1. The zero-order valence-corrected chi connectivity index (χ0v) is 16.5. The fraction of sp³-hybridized carbons (Fsp3) is 0.174. The van der Waals surface area contributed by atoms with E-state index in [1.807, 2.05) is 61.5 Å². The summed E-state index contributed by atoms with van der Waals surface area (Å²) < 4.78 is 7.03.